The monoisotopic (exact) mass is 411 g/mol. The van der Waals surface area contributed by atoms with Crippen molar-refractivity contribution < 1.29 is 8.42 Å². The standard InChI is InChI=1S/C16H18BrN3O3S/c1-10-3-4-11(13(17)7-10)8-20-6-5-12-14(9-20)18-16(19-15(12)21)24(2,22)23/h3-4,7H,5-6,8-9H2,1-2H3,(H,18,19,21). The normalized spacial score (nSPS) is 15.3. The van der Waals surface area contributed by atoms with Gasteiger partial charge in [-0.15, -0.1) is 0 Å². The van der Waals surface area contributed by atoms with E-state index in [1.807, 2.05) is 6.92 Å². The minimum absolute atomic E-state index is 0.260. The first-order chi connectivity index (χ1) is 11.2. The second-order valence-corrected chi connectivity index (χ2v) is 8.91. The Bertz CT molecular complexity index is 954. The molecule has 0 atom stereocenters. The molecule has 128 valence electrons. The Morgan fingerprint density at radius 3 is 2.79 bits per heavy atom. The number of H-pyrrole nitrogens is 1. The van der Waals surface area contributed by atoms with Crippen molar-refractivity contribution >= 4 is 25.8 Å². The summed E-state index contributed by atoms with van der Waals surface area (Å²) in [4.78, 5) is 20.8. The summed E-state index contributed by atoms with van der Waals surface area (Å²) in [6.07, 6.45) is 1.60. The van der Waals surface area contributed by atoms with Crippen molar-refractivity contribution in [2.75, 3.05) is 12.8 Å². The molecule has 0 amide bonds. The molecule has 0 radical (unpaired) electrons. The zero-order valence-electron chi connectivity index (χ0n) is 13.5. The lowest BCUT2D eigenvalue weighted by atomic mass is 10.1. The molecule has 1 aromatic heterocycles. The van der Waals surface area contributed by atoms with Crippen LogP contribution in [0.5, 0.6) is 0 Å². The van der Waals surface area contributed by atoms with Gasteiger partial charge in [0.15, 0.2) is 0 Å². The smallest absolute Gasteiger partial charge is 0.255 e. The Morgan fingerprint density at radius 2 is 2.12 bits per heavy atom. The van der Waals surface area contributed by atoms with Gasteiger partial charge in [0, 0.05) is 35.9 Å². The van der Waals surface area contributed by atoms with E-state index in [1.54, 1.807) is 0 Å². The van der Waals surface area contributed by atoms with E-state index in [9.17, 15) is 13.2 Å². The quantitative estimate of drug-likeness (QED) is 0.778. The molecule has 2 aromatic rings. The molecule has 6 nitrogen and oxygen atoms in total. The third kappa shape index (κ3) is 3.60. The molecule has 8 heteroatoms. The van der Waals surface area contributed by atoms with Gasteiger partial charge >= 0.3 is 0 Å². The Kier molecular flexibility index (Phi) is 4.63. The number of nitrogens with one attached hydrogen (secondary N) is 1. The molecular formula is C16H18BrN3O3S. The molecule has 0 fully saturated rings. The van der Waals surface area contributed by atoms with E-state index in [2.05, 4.69) is 49.0 Å². The molecule has 2 heterocycles. The fourth-order valence-electron chi connectivity index (χ4n) is 2.80. The van der Waals surface area contributed by atoms with Crippen LogP contribution in [0, 0.1) is 6.92 Å². The molecule has 0 unspecified atom stereocenters. The number of hydrogen-bond donors (Lipinski definition) is 1. The topological polar surface area (TPSA) is 83.1 Å². The lowest BCUT2D eigenvalue weighted by Crippen LogP contribution is -2.35. The van der Waals surface area contributed by atoms with Gasteiger partial charge in [-0.1, -0.05) is 28.1 Å². The summed E-state index contributed by atoms with van der Waals surface area (Å²) in [5, 5.41) is -0.260. The lowest BCUT2D eigenvalue weighted by Gasteiger charge is -2.28. The Morgan fingerprint density at radius 1 is 1.38 bits per heavy atom. The van der Waals surface area contributed by atoms with Gasteiger partial charge in [-0.2, -0.15) is 0 Å². The zero-order chi connectivity index (χ0) is 17.5. The van der Waals surface area contributed by atoms with Gasteiger partial charge in [-0.25, -0.2) is 13.4 Å². The number of benzene rings is 1. The predicted octanol–water partition coefficient (Wildman–Crippen LogP) is 1.80. The summed E-state index contributed by atoms with van der Waals surface area (Å²) >= 11 is 3.58. The fraction of sp³-hybridized carbons (Fsp3) is 0.375. The van der Waals surface area contributed by atoms with Crippen LogP contribution in [0.15, 0.2) is 32.6 Å². The number of aromatic amines is 1. The van der Waals surface area contributed by atoms with Crippen molar-refractivity contribution in [3.05, 3.63) is 55.4 Å². The highest BCUT2D eigenvalue weighted by atomic mass is 79.9. The second kappa shape index (κ2) is 6.42. The first-order valence-corrected chi connectivity index (χ1v) is 10.2. The van der Waals surface area contributed by atoms with Crippen molar-refractivity contribution in [1.29, 1.82) is 0 Å². The van der Waals surface area contributed by atoms with E-state index < -0.39 is 9.84 Å². The average Bonchev–Trinajstić information content (AvgIpc) is 2.49. The Hall–Kier alpha value is -1.51. The molecule has 3 rings (SSSR count). The number of aryl methyl sites for hydroxylation is 1. The molecule has 1 aliphatic heterocycles. The van der Waals surface area contributed by atoms with Gasteiger partial charge in [0.05, 0.1) is 5.69 Å². The summed E-state index contributed by atoms with van der Waals surface area (Å²) in [5.41, 5.74) is 3.12. The van der Waals surface area contributed by atoms with Gasteiger partial charge < -0.3 is 0 Å². The van der Waals surface area contributed by atoms with E-state index in [1.165, 1.54) is 5.56 Å². The first kappa shape index (κ1) is 17.3. The molecular weight excluding hydrogens is 394 g/mol. The van der Waals surface area contributed by atoms with E-state index >= 15 is 0 Å². The molecule has 1 aromatic carbocycles. The minimum atomic E-state index is -3.54. The van der Waals surface area contributed by atoms with Crippen molar-refractivity contribution in [2.45, 2.75) is 31.6 Å². The molecule has 0 spiro atoms. The van der Waals surface area contributed by atoms with E-state index in [4.69, 9.17) is 0 Å². The number of halogens is 1. The van der Waals surface area contributed by atoms with Crippen LogP contribution in [0.2, 0.25) is 0 Å². The number of aromatic nitrogens is 2. The highest BCUT2D eigenvalue weighted by Crippen LogP contribution is 2.23. The van der Waals surface area contributed by atoms with E-state index in [0.29, 0.717) is 30.8 Å². The highest BCUT2D eigenvalue weighted by molar-refractivity contribution is 9.10. The third-order valence-corrected chi connectivity index (χ3v) is 5.72. The van der Waals surface area contributed by atoms with Crippen LogP contribution in [0.3, 0.4) is 0 Å². The van der Waals surface area contributed by atoms with Crippen LogP contribution >= 0.6 is 15.9 Å². The van der Waals surface area contributed by atoms with Crippen molar-refractivity contribution in [3.63, 3.8) is 0 Å². The average molecular weight is 412 g/mol. The first-order valence-electron chi connectivity index (χ1n) is 7.53. The van der Waals surface area contributed by atoms with Gasteiger partial charge in [-0.05, 0) is 30.5 Å². The van der Waals surface area contributed by atoms with Crippen LogP contribution < -0.4 is 5.56 Å². The maximum Gasteiger partial charge on any atom is 0.255 e. The van der Waals surface area contributed by atoms with Crippen molar-refractivity contribution in [2.24, 2.45) is 0 Å². The van der Waals surface area contributed by atoms with Crippen LogP contribution in [0.25, 0.3) is 0 Å². The SMILES string of the molecule is Cc1ccc(CN2CCc3c(nc(S(C)(=O)=O)[nH]c3=O)C2)c(Br)c1. The maximum absolute atomic E-state index is 12.1. The van der Waals surface area contributed by atoms with E-state index in [-0.39, 0.29) is 10.7 Å². The molecule has 24 heavy (non-hydrogen) atoms. The van der Waals surface area contributed by atoms with Gasteiger partial charge in [0.25, 0.3) is 5.56 Å². The molecule has 0 bridgehead atoms. The molecule has 0 saturated carbocycles. The summed E-state index contributed by atoms with van der Waals surface area (Å²) < 4.78 is 24.4. The van der Waals surface area contributed by atoms with Crippen molar-refractivity contribution in [3.8, 4) is 0 Å². The fourth-order valence-corrected chi connectivity index (χ4v) is 3.98. The summed E-state index contributed by atoms with van der Waals surface area (Å²) in [5.74, 6) is 0. The predicted molar refractivity (Wildman–Crippen MR) is 94.7 cm³/mol. The summed E-state index contributed by atoms with van der Waals surface area (Å²) in [6, 6.07) is 6.20. The molecule has 1 N–H and O–H groups in total. The third-order valence-electron chi connectivity index (χ3n) is 4.08. The van der Waals surface area contributed by atoms with Crippen LogP contribution in [-0.2, 0) is 29.3 Å². The molecule has 0 saturated heterocycles. The van der Waals surface area contributed by atoms with Crippen LogP contribution in [0.1, 0.15) is 22.4 Å². The second-order valence-electron chi connectivity index (χ2n) is 6.12. The maximum atomic E-state index is 12.1. The summed E-state index contributed by atoms with van der Waals surface area (Å²) in [6.45, 7) is 3.94. The number of hydrogen-bond acceptors (Lipinski definition) is 5. The number of rotatable bonds is 3. The van der Waals surface area contributed by atoms with Gasteiger partial charge in [0.1, 0.15) is 0 Å². The lowest BCUT2D eigenvalue weighted by molar-refractivity contribution is 0.239. The van der Waals surface area contributed by atoms with Gasteiger partial charge in [0.2, 0.25) is 15.0 Å². The number of sulfone groups is 1. The highest BCUT2D eigenvalue weighted by Gasteiger charge is 2.23. The minimum Gasteiger partial charge on any atom is -0.297 e. The van der Waals surface area contributed by atoms with Gasteiger partial charge in [-0.3, -0.25) is 14.7 Å². The number of fused-ring (bicyclic) bond motifs is 1. The number of nitrogens with zero attached hydrogens (tertiary/aromatic N) is 2. The summed E-state index contributed by atoms with van der Waals surface area (Å²) in [7, 11) is -3.54. The Labute approximate surface area is 149 Å². The largest absolute Gasteiger partial charge is 0.297 e. The Balaban J connectivity index is 1.88. The zero-order valence-corrected chi connectivity index (χ0v) is 15.9. The molecule has 0 aliphatic carbocycles. The van der Waals surface area contributed by atoms with Crippen LogP contribution in [-0.4, -0.2) is 36.1 Å². The molecule has 1 aliphatic rings. The van der Waals surface area contributed by atoms with Crippen molar-refractivity contribution in [1.82, 2.24) is 14.9 Å². The van der Waals surface area contributed by atoms with E-state index in [0.717, 1.165) is 22.8 Å². The van der Waals surface area contributed by atoms with Crippen LogP contribution in [0.4, 0.5) is 0 Å².